The van der Waals surface area contributed by atoms with Crippen molar-refractivity contribution in [3.8, 4) is 0 Å². The van der Waals surface area contributed by atoms with Crippen LogP contribution in [0.5, 0.6) is 0 Å². The maximum Gasteiger partial charge on any atom is 0.349 e. The van der Waals surface area contributed by atoms with Crippen LogP contribution in [0.2, 0.25) is 0 Å². The molecule has 0 aromatic carbocycles. The summed E-state index contributed by atoms with van der Waals surface area (Å²) in [6.45, 7) is 27.5. The van der Waals surface area contributed by atoms with Crippen LogP contribution >= 0.6 is 0 Å². The second kappa shape index (κ2) is 25.6. The van der Waals surface area contributed by atoms with Crippen LogP contribution < -0.4 is 50.6 Å². The van der Waals surface area contributed by atoms with Crippen molar-refractivity contribution in [1.29, 1.82) is 0 Å². The summed E-state index contributed by atoms with van der Waals surface area (Å²) in [4.78, 5) is 106. The van der Waals surface area contributed by atoms with Crippen molar-refractivity contribution in [2.45, 2.75) is 139 Å². The molecule has 1 aliphatic heterocycles. The number of rotatable bonds is 6. The number of urea groups is 1. The number of nitrogen functional groups attached to an aromatic ring is 2. The SMILES string of the molecule is CC(C)N1N=CC(N)NC1=O.CC(C)n1ccc(=O)[nH]c1=O.CC(C)n1ccc(N)nc1=O.CC(C)n1cnc2c(=O)[nH]c(N)nc21.CC(C)n1cnc2c(=O)[nH]cnc21.Cc1nc(C)c2ncn(C(C)C)c2n1. The van der Waals surface area contributed by atoms with Gasteiger partial charge in [0, 0.05) is 48.7 Å². The van der Waals surface area contributed by atoms with Crippen molar-refractivity contribution in [3.63, 3.8) is 0 Å². The summed E-state index contributed by atoms with van der Waals surface area (Å²) in [5.41, 5.74) is 19.3. The second-order valence-electron chi connectivity index (χ2n) is 18.2. The molecule has 0 fully saturated rings. The van der Waals surface area contributed by atoms with Gasteiger partial charge >= 0.3 is 17.4 Å². The Kier molecular flexibility index (Phi) is 20.0. The first-order valence-corrected chi connectivity index (χ1v) is 23.6. The van der Waals surface area contributed by atoms with Gasteiger partial charge in [-0.2, -0.15) is 15.1 Å². The lowest BCUT2D eigenvalue weighted by molar-refractivity contribution is 0.180. The van der Waals surface area contributed by atoms with Crippen LogP contribution in [0.25, 0.3) is 33.5 Å². The Morgan fingerprint density at radius 1 is 0.554 bits per heavy atom. The van der Waals surface area contributed by atoms with Gasteiger partial charge < -0.3 is 41.2 Å². The molecular formula is C46H68N22O6. The van der Waals surface area contributed by atoms with E-state index in [1.54, 1.807) is 29.5 Å². The molecular weight excluding hydrogens is 957 g/mol. The minimum atomic E-state index is -0.447. The van der Waals surface area contributed by atoms with Crippen LogP contribution in [0, 0.1) is 13.8 Å². The highest BCUT2D eigenvalue weighted by atomic mass is 16.2. The maximum absolute atomic E-state index is 11.4. The zero-order chi connectivity index (χ0) is 55.3. The third-order valence-corrected chi connectivity index (χ3v) is 10.3. The fraction of sp³-hybridized carbons (Fsp3) is 0.457. The highest BCUT2D eigenvalue weighted by molar-refractivity contribution is 5.83. The lowest BCUT2D eigenvalue weighted by atomic mass is 10.3. The van der Waals surface area contributed by atoms with Gasteiger partial charge in [-0.15, -0.1) is 0 Å². The Bertz CT molecular complexity index is 3480. The first-order valence-electron chi connectivity index (χ1n) is 23.6. The monoisotopic (exact) mass is 1020 g/mol. The van der Waals surface area contributed by atoms with Crippen LogP contribution in [0.15, 0.2) is 78.9 Å². The molecule has 9 heterocycles. The topological polar surface area (TPSA) is 383 Å². The number of aromatic nitrogens is 16. The second-order valence-corrected chi connectivity index (χ2v) is 18.2. The average Bonchev–Trinajstić information content (AvgIpc) is 4.06. The first-order chi connectivity index (χ1) is 34.7. The van der Waals surface area contributed by atoms with E-state index in [1.807, 2.05) is 94.0 Å². The average molecular weight is 1030 g/mol. The van der Waals surface area contributed by atoms with Crippen molar-refractivity contribution >= 4 is 57.5 Å². The van der Waals surface area contributed by atoms with E-state index in [0.717, 1.165) is 22.7 Å². The summed E-state index contributed by atoms with van der Waals surface area (Å²) >= 11 is 0. The fourth-order valence-corrected chi connectivity index (χ4v) is 6.60. The molecule has 2 amide bonds. The lowest BCUT2D eigenvalue weighted by Gasteiger charge is -2.26. The molecule has 9 rings (SSSR count). The molecule has 74 heavy (non-hydrogen) atoms. The van der Waals surface area contributed by atoms with Gasteiger partial charge in [0.2, 0.25) is 5.95 Å². The van der Waals surface area contributed by atoms with E-state index in [1.165, 1.54) is 38.9 Å². The molecule has 0 saturated heterocycles. The van der Waals surface area contributed by atoms with Gasteiger partial charge in [-0.1, -0.05) is 0 Å². The normalized spacial score (nSPS) is 13.0. The van der Waals surface area contributed by atoms with Gasteiger partial charge in [0.25, 0.3) is 16.7 Å². The van der Waals surface area contributed by atoms with E-state index in [0.29, 0.717) is 28.4 Å². The Hall–Kier alpha value is -8.69. The molecule has 0 aliphatic carbocycles. The number of aryl methyl sites for hydroxylation is 2. The summed E-state index contributed by atoms with van der Waals surface area (Å²) in [7, 11) is 0. The Labute approximate surface area is 424 Å². The van der Waals surface area contributed by atoms with Crippen LogP contribution in [0.4, 0.5) is 16.6 Å². The number of fused-ring (bicyclic) bond motifs is 3. The Balaban J connectivity index is 0.000000193. The molecule has 0 spiro atoms. The number of nitrogens with two attached hydrogens (primary N) is 3. The van der Waals surface area contributed by atoms with Gasteiger partial charge in [-0.3, -0.25) is 33.5 Å². The molecule has 1 atom stereocenters. The molecule has 10 N–H and O–H groups in total. The van der Waals surface area contributed by atoms with Crippen LogP contribution in [-0.4, -0.2) is 107 Å². The van der Waals surface area contributed by atoms with E-state index in [9.17, 15) is 28.8 Å². The van der Waals surface area contributed by atoms with Gasteiger partial charge in [0.15, 0.2) is 28.0 Å². The minimum Gasteiger partial charge on any atom is -0.383 e. The highest BCUT2D eigenvalue weighted by Gasteiger charge is 2.21. The summed E-state index contributed by atoms with van der Waals surface area (Å²) < 4.78 is 8.72. The number of aromatic amines is 3. The van der Waals surface area contributed by atoms with Gasteiger partial charge in [-0.05, 0) is 103 Å². The van der Waals surface area contributed by atoms with Crippen molar-refractivity contribution in [3.05, 3.63) is 113 Å². The number of nitrogens with zero attached hydrogens (tertiary/aromatic N) is 15. The van der Waals surface area contributed by atoms with Crippen molar-refractivity contribution < 1.29 is 4.79 Å². The van der Waals surface area contributed by atoms with Crippen molar-refractivity contribution in [2.24, 2.45) is 10.8 Å². The number of hydrogen-bond acceptors (Lipinski definition) is 18. The Morgan fingerprint density at radius 2 is 1.07 bits per heavy atom. The largest absolute Gasteiger partial charge is 0.383 e. The number of carbonyl (C=O) groups is 1. The van der Waals surface area contributed by atoms with Crippen LogP contribution in [-0.2, 0) is 0 Å². The van der Waals surface area contributed by atoms with Crippen LogP contribution in [0.3, 0.4) is 0 Å². The standard InChI is InChI=1S/C10H14N4.C8H11N5O.C8H10N4O.C7H11N3O.C7H10N2O2.C6H12N4O/c1-6(2)14-5-11-9-7(3)12-8(4)13-10(9)14;1-4(2)13-3-10-5-6(13)11-8(9)12-7(5)14;1-5(2)12-4-11-6-7(12)9-3-10-8(6)13;1-5(2)10-4-3-6(8)9-7(10)11;1-5(2)9-4-3-6(10)8-7(9)11;1-4(2)10-6(11)9-5(7)3-8-10/h5-6H,1-4H3;3-4H,1-2H3,(H3,9,11,12,14);3-5H,1-2H3,(H,9,10,13);3-5H,1-2H3,(H2,8,9,11);3-5H,1-2H3,(H,8,10,11);3-5H,7H2,1-2H3,(H,9,11). The van der Waals surface area contributed by atoms with Gasteiger partial charge in [0.05, 0.1) is 43.3 Å². The van der Waals surface area contributed by atoms with Gasteiger partial charge in [-0.25, -0.2) is 49.3 Å². The summed E-state index contributed by atoms with van der Waals surface area (Å²) in [6.07, 6.45) is 10.6. The number of hydrogen-bond donors (Lipinski definition) is 7. The Morgan fingerprint density at radius 3 is 1.58 bits per heavy atom. The quantitative estimate of drug-likeness (QED) is 0.126. The predicted octanol–water partition coefficient (Wildman–Crippen LogP) is 3.22. The first kappa shape index (κ1) is 57.9. The molecule has 1 unspecified atom stereocenters. The van der Waals surface area contributed by atoms with Crippen molar-refractivity contribution in [2.75, 3.05) is 11.5 Å². The molecule has 8 aromatic rings. The zero-order valence-electron chi connectivity index (χ0n) is 44.1. The molecule has 0 radical (unpaired) electrons. The highest BCUT2D eigenvalue weighted by Crippen LogP contribution is 2.17. The molecule has 28 nitrogen and oxygen atoms in total. The summed E-state index contributed by atoms with van der Waals surface area (Å²) in [5, 5.41) is 7.74. The molecule has 0 bridgehead atoms. The summed E-state index contributed by atoms with van der Waals surface area (Å²) in [6, 6.07) is 3.84. The number of carbonyl (C=O) groups excluding carboxylic acids is 1. The van der Waals surface area contributed by atoms with Crippen molar-refractivity contribution in [1.82, 2.24) is 88.0 Å². The number of amides is 2. The number of imidazole rings is 3. The smallest absolute Gasteiger partial charge is 0.349 e. The van der Waals surface area contributed by atoms with E-state index in [-0.39, 0.29) is 76.1 Å². The van der Waals surface area contributed by atoms with E-state index in [4.69, 9.17) is 17.2 Å². The lowest BCUT2D eigenvalue weighted by Crippen LogP contribution is -2.53. The fourth-order valence-electron chi connectivity index (χ4n) is 6.60. The van der Waals surface area contributed by atoms with E-state index in [2.05, 4.69) is 83.7 Å². The summed E-state index contributed by atoms with van der Waals surface area (Å²) in [5.74, 6) is 1.19. The molecule has 8 aromatic heterocycles. The van der Waals surface area contributed by atoms with E-state index < -0.39 is 6.17 Å². The number of nitrogens with one attached hydrogen (secondary N) is 4. The molecule has 28 heteroatoms. The maximum atomic E-state index is 11.4. The molecule has 398 valence electrons. The van der Waals surface area contributed by atoms with Gasteiger partial charge in [0.1, 0.15) is 23.3 Å². The third kappa shape index (κ3) is 15.2. The minimum absolute atomic E-state index is 0.0683. The van der Waals surface area contributed by atoms with E-state index >= 15 is 0 Å². The zero-order valence-corrected chi connectivity index (χ0v) is 44.1. The van der Waals surface area contributed by atoms with Crippen LogP contribution in [0.1, 0.15) is 125 Å². The predicted molar refractivity (Wildman–Crippen MR) is 284 cm³/mol. The molecule has 1 aliphatic rings. The number of anilines is 2. The number of H-pyrrole nitrogens is 3. The molecule has 0 saturated carbocycles. The third-order valence-electron chi connectivity index (χ3n) is 10.3. The number of hydrazone groups is 1.